The monoisotopic (exact) mass is 335 g/mol. The molecule has 5 nitrogen and oxygen atoms in total. The fourth-order valence-corrected chi connectivity index (χ4v) is 2.49. The number of carbonyl (C=O) groups is 1. The third kappa shape index (κ3) is 4.77. The van der Waals surface area contributed by atoms with E-state index in [0.717, 1.165) is 19.6 Å². The smallest absolute Gasteiger partial charge is 0.387 e. The highest BCUT2D eigenvalue weighted by molar-refractivity contribution is 6.01. The van der Waals surface area contributed by atoms with Crippen molar-refractivity contribution in [2.75, 3.05) is 32.7 Å². The molecule has 0 atom stereocenters. The molecule has 1 fully saturated rings. The summed E-state index contributed by atoms with van der Waals surface area (Å²) in [5, 5.41) is 9.26. The molecule has 0 aromatic heterocycles. The van der Waals surface area contributed by atoms with Gasteiger partial charge in [0.25, 0.3) is 5.91 Å². The first-order chi connectivity index (χ1) is 11.5. The van der Waals surface area contributed by atoms with Crippen molar-refractivity contribution in [2.45, 2.75) is 13.5 Å². The van der Waals surface area contributed by atoms with Crippen LogP contribution in [0.2, 0.25) is 0 Å². The first kappa shape index (κ1) is 17.9. The van der Waals surface area contributed by atoms with Gasteiger partial charge < -0.3 is 14.5 Å². The van der Waals surface area contributed by atoms with Crippen molar-refractivity contribution in [1.29, 1.82) is 5.26 Å². The number of nitriles is 1. The molecule has 7 heteroatoms. The minimum absolute atomic E-state index is 0.0301. The Hall–Kier alpha value is -2.46. The summed E-state index contributed by atoms with van der Waals surface area (Å²) >= 11 is 0. The average molecular weight is 335 g/mol. The standard InChI is InChI=1S/C17H19F2N3O2/c1-2-21-7-9-22(10-8-21)16(23)14(12-20)11-13-3-5-15(6-4-13)24-17(18)19/h3-6,11,17H,2,7-10H2,1H3. The molecule has 1 amide bonds. The Morgan fingerprint density at radius 2 is 1.92 bits per heavy atom. The normalized spacial score (nSPS) is 16.1. The number of amides is 1. The molecule has 0 radical (unpaired) electrons. The second-order valence-electron chi connectivity index (χ2n) is 5.34. The highest BCUT2D eigenvalue weighted by atomic mass is 19.3. The van der Waals surface area contributed by atoms with E-state index in [2.05, 4.69) is 16.6 Å². The lowest BCUT2D eigenvalue weighted by atomic mass is 10.1. The number of halogens is 2. The molecule has 128 valence electrons. The molecule has 1 aromatic rings. The maximum Gasteiger partial charge on any atom is 0.387 e. The highest BCUT2D eigenvalue weighted by Crippen LogP contribution is 2.17. The molecule has 1 aliphatic heterocycles. The third-order valence-electron chi connectivity index (χ3n) is 3.87. The number of carbonyl (C=O) groups excluding carboxylic acids is 1. The van der Waals surface area contributed by atoms with Crippen LogP contribution in [-0.4, -0.2) is 55.0 Å². The van der Waals surface area contributed by atoms with Crippen LogP contribution in [0.1, 0.15) is 12.5 Å². The zero-order valence-corrected chi connectivity index (χ0v) is 13.4. The van der Waals surface area contributed by atoms with Crippen LogP contribution in [0.15, 0.2) is 29.8 Å². The molecule has 0 aliphatic carbocycles. The van der Waals surface area contributed by atoms with Crippen LogP contribution >= 0.6 is 0 Å². The van der Waals surface area contributed by atoms with Crippen LogP contribution in [0.4, 0.5) is 8.78 Å². The number of piperazine rings is 1. The highest BCUT2D eigenvalue weighted by Gasteiger charge is 2.22. The maximum absolute atomic E-state index is 12.4. The number of hydrogen-bond acceptors (Lipinski definition) is 4. The predicted molar refractivity (Wildman–Crippen MR) is 85.4 cm³/mol. The van der Waals surface area contributed by atoms with E-state index in [1.807, 2.05) is 6.07 Å². The van der Waals surface area contributed by atoms with Gasteiger partial charge in [-0.05, 0) is 30.3 Å². The van der Waals surface area contributed by atoms with Crippen molar-refractivity contribution in [2.24, 2.45) is 0 Å². The Morgan fingerprint density at radius 1 is 1.29 bits per heavy atom. The van der Waals surface area contributed by atoms with E-state index < -0.39 is 6.61 Å². The number of nitrogens with zero attached hydrogens (tertiary/aromatic N) is 3. The lowest BCUT2D eigenvalue weighted by molar-refractivity contribution is -0.128. The number of benzene rings is 1. The molecule has 0 spiro atoms. The number of alkyl halides is 2. The predicted octanol–water partition coefficient (Wildman–Crippen LogP) is 2.36. The third-order valence-corrected chi connectivity index (χ3v) is 3.87. The van der Waals surface area contributed by atoms with Crippen LogP contribution in [0, 0.1) is 11.3 Å². The molecule has 1 heterocycles. The number of ether oxygens (including phenoxy) is 1. The van der Waals surface area contributed by atoms with Crippen molar-refractivity contribution < 1.29 is 18.3 Å². The fourth-order valence-electron chi connectivity index (χ4n) is 2.49. The second-order valence-corrected chi connectivity index (χ2v) is 5.34. The summed E-state index contributed by atoms with van der Waals surface area (Å²) in [5.74, 6) is -0.274. The van der Waals surface area contributed by atoms with E-state index in [1.165, 1.54) is 30.3 Å². The molecule has 2 rings (SSSR count). The van der Waals surface area contributed by atoms with Gasteiger partial charge in [-0.3, -0.25) is 4.79 Å². The van der Waals surface area contributed by atoms with Crippen molar-refractivity contribution in [3.63, 3.8) is 0 Å². The summed E-state index contributed by atoms with van der Waals surface area (Å²) in [6, 6.07) is 7.72. The molecule has 1 saturated heterocycles. The fraction of sp³-hybridized carbons (Fsp3) is 0.412. The zero-order valence-electron chi connectivity index (χ0n) is 13.4. The number of hydrogen-bond donors (Lipinski definition) is 0. The molecular weight excluding hydrogens is 316 g/mol. The summed E-state index contributed by atoms with van der Waals surface area (Å²) in [7, 11) is 0. The zero-order chi connectivity index (χ0) is 17.5. The van der Waals surface area contributed by atoms with Crippen LogP contribution in [0.5, 0.6) is 5.75 Å². The van der Waals surface area contributed by atoms with Gasteiger partial charge in [0.1, 0.15) is 17.4 Å². The van der Waals surface area contributed by atoms with Gasteiger partial charge in [0.15, 0.2) is 0 Å². The largest absolute Gasteiger partial charge is 0.435 e. The van der Waals surface area contributed by atoms with E-state index in [9.17, 15) is 18.8 Å². The lowest BCUT2D eigenvalue weighted by Gasteiger charge is -2.33. The van der Waals surface area contributed by atoms with Crippen LogP contribution < -0.4 is 4.74 Å². The molecular formula is C17H19F2N3O2. The van der Waals surface area contributed by atoms with E-state index >= 15 is 0 Å². The number of likely N-dealkylation sites (N-methyl/N-ethyl adjacent to an activating group) is 1. The summed E-state index contributed by atoms with van der Waals surface area (Å²) in [6.45, 7) is 2.89. The molecule has 1 aromatic carbocycles. The Kier molecular flexibility index (Phi) is 6.27. The van der Waals surface area contributed by atoms with Crippen molar-refractivity contribution >= 4 is 12.0 Å². The maximum atomic E-state index is 12.4. The minimum atomic E-state index is -2.88. The second kappa shape index (κ2) is 8.41. The van der Waals surface area contributed by atoms with Gasteiger partial charge in [-0.1, -0.05) is 19.1 Å². The molecule has 0 bridgehead atoms. The quantitative estimate of drug-likeness (QED) is 0.612. The van der Waals surface area contributed by atoms with Gasteiger partial charge in [0.05, 0.1) is 0 Å². The SMILES string of the molecule is CCN1CCN(C(=O)C(C#N)=Cc2ccc(OC(F)F)cc2)CC1. The van der Waals surface area contributed by atoms with E-state index in [0.29, 0.717) is 18.7 Å². The first-order valence-corrected chi connectivity index (χ1v) is 7.71. The molecule has 24 heavy (non-hydrogen) atoms. The lowest BCUT2D eigenvalue weighted by Crippen LogP contribution is -2.48. The summed E-state index contributed by atoms with van der Waals surface area (Å²) in [6.07, 6.45) is 1.46. The topological polar surface area (TPSA) is 56.6 Å². The van der Waals surface area contributed by atoms with Crippen molar-refractivity contribution in [1.82, 2.24) is 9.80 Å². The van der Waals surface area contributed by atoms with E-state index in [1.54, 1.807) is 4.90 Å². The Bertz CT molecular complexity index is 630. The molecule has 0 N–H and O–H groups in total. The minimum Gasteiger partial charge on any atom is -0.435 e. The first-order valence-electron chi connectivity index (χ1n) is 7.71. The van der Waals surface area contributed by atoms with Crippen LogP contribution in [0.3, 0.4) is 0 Å². The summed E-state index contributed by atoms with van der Waals surface area (Å²) < 4.78 is 28.5. The van der Waals surface area contributed by atoms with Crippen LogP contribution in [0.25, 0.3) is 6.08 Å². The Morgan fingerprint density at radius 3 is 2.42 bits per heavy atom. The van der Waals surface area contributed by atoms with E-state index in [4.69, 9.17) is 0 Å². The van der Waals surface area contributed by atoms with Gasteiger partial charge in [-0.15, -0.1) is 0 Å². The van der Waals surface area contributed by atoms with Gasteiger partial charge in [-0.2, -0.15) is 14.0 Å². The summed E-state index contributed by atoms with van der Waals surface area (Å²) in [4.78, 5) is 16.3. The Balaban J connectivity index is 2.06. The average Bonchev–Trinajstić information content (AvgIpc) is 2.60. The van der Waals surface area contributed by atoms with Gasteiger partial charge >= 0.3 is 6.61 Å². The molecule has 0 saturated carbocycles. The molecule has 1 aliphatic rings. The summed E-state index contributed by atoms with van der Waals surface area (Å²) in [5.41, 5.74) is 0.608. The van der Waals surface area contributed by atoms with Gasteiger partial charge in [-0.25, -0.2) is 0 Å². The van der Waals surface area contributed by atoms with Crippen molar-refractivity contribution in [3.8, 4) is 11.8 Å². The van der Waals surface area contributed by atoms with Crippen molar-refractivity contribution in [3.05, 3.63) is 35.4 Å². The van der Waals surface area contributed by atoms with E-state index in [-0.39, 0.29) is 17.2 Å². The molecule has 0 unspecified atom stereocenters. The van der Waals surface area contributed by atoms with Crippen LogP contribution in [-0.2, 0) is 4.79 Å². The Labute approximate surface area is 139 Å². The van der Waals surface area contributed by atoms with Gasteiger partial charge in [0, 0.05) is 26.2 Å². The van der Waals surface area contributed by atoms with Gasteiger partial charge in [0.2, 0.25) is 0 Å². The number of rotatable bonds is 5.